The summed E-state index contributed by atoms with van der Waals surface area (Å²) >= 11 is 1.66. The van der Waals surface area contributed by atoms with Crippen molar-refractivity contribution in [3.05, 3.63) is 40.9 Å². The average molecular weight is 344 g/mol. The third-order valence-corrected chi connectivity index (χ3v) is 5.57. The molecule has 2 unspecified atom stereocenters. The molecule has 2 heterocycles. The molecule has 1 aliphatic heterocycles. The molecule has 1 aromatic carbocycles. The normalized spacial score (nSPS) is 21.8. The number of likely N-dealkylation sites (tertiary alicyclic amines) is 1. The van der Waals surface area contributed by atoms with E-state index in [1.165, 1.54) is 5.56 Å². The second-order valence-electron chi connectivity index (χ2n) is 6.76. The van der Waals surface area contributed by atoms with E-state index >= 15 is 0 Å². The number of carboxylic acids is 1. The fourth-order valence-electron chi connectivity index (χ4n) is 3.39. The van der Waals surface area contributed by atoms with Gasteiger partial charge in [-0.3, -0.25) is 9.69 Å². The first kappa shape index (κ1) is 17.1. The van der Waals surface area contributed by atoms with E-state index < -0.39 is 5.97 Å². The average Bonchev–Trinajstić information content (AvgIpc) is 3.03. The number of piperidine rings is 1. The number of rotatable bonds is 5. The second kappa shape index (κ2) is 7.45. The zero-order valence-corrected chi connectivity index (χ0v) is 15.1. The molecule has 1 saturated heterocycles. The van der Waals surface area contributed by atoms with Gasteiger partial charge in [0, 0.05) is 30.6 Å². The van der Waals surface area contributed by atoms with Crippen molar-refractivity contribution >= 4 is 17.3 Å². The Hall–Kier alpha value is -1.72. The third kappa shape index (κ3) is 4.02. The van der Waals surface area contributed by atoms with Crippen LogP contribution in [-0.4, -0.2) is 34.0 Å². The molecule has 1 N–H and O–H groups in total. The molecular formula is C19H24N2O2S. The minimum atomic E-state index is -0.679. The monoisotopic (exact) mass is 344 g/mol. The third-order valence-electron chi connectivity index (χ3n) is 4.63. The predicted molar refractivity (Wildman–Crippen MR) is 97.1 cm³/mol. The van der Waals surface area contributed by atoms with Crippen LogP contribution in [0, 0.1) is 11.8 Å². The van der Waals surface area contributed by atoms with Crippen molar-refractivity contribution in [1.82, 2.24) is 9.88 Å². The molecule has 4 nitrogen and oxygen atoms in total. The van der Waals surface area contributed by atoms with E-state index in [2.05, 4.69) is 48.4 Å². The molecule has 128 valence electrons. The van der Waals surface area contributed by atoms with Crippen LogP contribution in [0.15, 0.2) is 29.6 Å². The van der Waals surface area contributed by atoms with E-state index in [9.17, 15) is 9.90 Å². The van der Waals surface area contributed by atoms with E-state index in [0.717, 1.165) is 42.2 Å². The maximum absolute atomic E-state index is 11.3. The van der Waals surface area contributed by atoms with Gasteiger partial charge in [-0.2, -0.15) is 0 Å². The van der Waals surface area contributed by atoms with E-state index in [1.54, 1.807) is 11.3 Å². The predicted octanol–water partition coefficient (Wildman–Crippen LogP) is 3.92. The van der Waals surface area contributed by atoms with Gasteiger partial charge in [0.1, 0.15) is 5.01 Å². The van der Waals surface area contributed by atoms with Crippen LogP contribution in [0.1, 0.15) is 31.5 Å². The number of nitrogens with zero attached hydrogens (tertiary/aromatic N) is 2. The van der Waals surface area contributed by atoms with Crippen LogP contribution in [0.3, 0.4) is 0 Å². The van der Waals surface area contributed by atoms with Crippen molar-refractivity contribution in [3.63, 3.8) is 0 Å². The summed E-state index contributed by atoms with van der Waals surface area (Å²) in [5, 5.41) is 12.4. The minimum Gasteiger partial charge on any atom is -0.481 e. The Labute approximate surface area is 147 Å². The Morgan fingerprint density at radius 2 is 2.08 bits per heavy atom. The molecule has 2 atom stereocenters. The van der Waals surface area contributed by atoms with Crippen LogP contribution in [0.5, 0.6) is 0 Å². The lowest BCUT2D eigenvalue weighted by atomic mass is 9.90. The first-order chi connectivity index (χ1) is 11.5. The molecule has 24 heavy (non-hydrogen) atoms. The van der Waals surface area contributed by atoms with E-state index in [-0.39, 0.29) is 5.92 Å². The summed E-state index contributed by atoms with van der Waals surface area (Å²) in [6, 6.07) is 8.57. The largest absolute Gasteiger partial charge is 0.481 e. The van der Waals surface area contributed by atoms with Gasteiger partial charge in [0.15, 0.2) is 0 Å². The first-order valence-electron chi connectivity index (χ1n) is 8.54. The molecule has 0 bridgehead atoms. The maximum atomic E-state index is 11.3. The van der Waals surface area contributed by atoms with Gasteiger partial charge < -0.3 is 5.11 Å². The van der Waals surface area contributed by atoms with Crippen LogP contribution >= 0.6 is 11.3 Å². The fraction of sp³-hybridized carbons (Fsp3) is 0.474. The summed E-state index contributed by atoms with van der Waals surface area (Å²) in [5.41, 5.74) is 3.52. The lowest BCUT2D eigenvalue weighted by Crippen LogP contribution is -2.42. The zero-order valence-electron chi connectivity index (χ0n) is 14.2. The molecule has 0 radical (unpaired) electrons. The summed E-state index contributed by atoms with van der Waals surface area (Å²) in [4.78, 5) is 18.3. The summed E-state index contributed by atoms with van der Waals surface area (Å²) in [6.07, 6.45) is 1.82. The highest BCUT2D eigenvalue weighted by molar-refractivity contribution is 7.13. The number of carbonyl (C=O) groups is 1. The molecule has 2 aromatic rings. The number of aromatic nitrogens is 1. The molecule has 0 amide bonds. The topological polar surface area (TPSA) is 53.4 Å². The smallest absolute Gasteiger partial charge is 0.307 e. The zero-order chi connectivity index (χ0) is 17.1. The van der Waals surface area contributed by atoms with Crippen LogP contribution in [0.25, 0.3) is 10.6 Å². The van der Waals surface area contributed by atoms with E-state index in [1.807, 2.05) is 0 Å². The number of thiazole rings is 1. The maximum Gasteiger partial charge on any atom is 0.307 e. The highest BCUT2D eigenvalue weighted by atomic mass is 32.1. The molecular weight excluding hydrogens is 320 g/mol. The number of benzene rings is 1. The van der Waals surface area contributed by atoms with Gasteiger partial charge in [-0.25, -0.2) is 4.98 Å². The van der Waals surface area contributed by atoms with Crippen molar-refractivity contribution in [3.8, 4) is 10.6 Å². The lowest BCUT2D eigenvalue weighted by Gasteiger charge is -2.34. The Balaban J connectivity index is 1.68. The molecule has 0 aliphatic carbocycles. The highest BCUT2D eigenvalue weighted by Crippen LogP contribution is 2.27. The minimum absolute atomic E-state index is 0.256. The Bertz CT molecular complexity index is 696. The van der Waals surface area contributed by atoms with Gasteiger partial charge in [-0.1, -0.05) is 38.1 Å². The molecule has 3 rings (SSSR count). The van der Waals surface area contributed by atoms with Crippen LogP contribution in [0.4, 0.5) is 0 Å². The van der Waals surface area contributed by atoms with Gasteiger partial charge in [-0.05, 0) is 24.3 Å². The fourth-order valence-corrected chi connectivity index (χ4v) is 4.21. The Morgan fingerprint density at radius 1 is 1.33 bits per heavy atom. The summed E-state index contributed by atoms with van der Waals surface area (Å²) in [7, 11) is 0. The molecule has 0 spiro atoms. The van der Waals surface area contributed by atoms with Crippen molar-refractivity contribution in [2.75, 3.05) is 13.1 Å². The van der Waals surface area contributed by atoms with Gasteiger partial charge in [-0.15, -0.1) is 11.3 Å². The number of carboxylic acid groups (broad SMARTS) is 1. The number of aliphatic carboxylic acids is 1. The molecule has 1 fully saturated rings. The summed E-state index contributed by atoms with van der Waals surface area (Å²) in [5.74, 6) is -0.519. The van der Waals surface area contributed by atoms with Gasteiger partial charge in [0.2, 0.25) is 0 Å². The first-order valence-corrected chi connectivity index (χ1v) is 9.42. The van der Waals surface area contributed by atoms with Gasteiger partial charge in [0.25, 0.3) is 0 Å². The molecule has 0 saturated carbocycles. The number of hydrogen-bond donors (Lipinski definition) is 1. The van der Waals surface area contributed by atoms with Crippen molar-refractivity contribution in [2.45, 2.75) is 33.2 Å². The van der Waals surface area contributed by atoms with Crippen molar-refractivity contribution < 1.29 is 9.90 Å². The van der Waals surface area contributed by atoms with Crippen molar-refractivity contribution in [1.29, 1.82) is 0 Å². The standard InChI is InChI=1S/C19H24N2O2S/c1-3-14-4-6-15(7-5-14)18-20-17(12-24-18)11-21-9-13(2)8-16(10-21)19(22)23/h4-7,12-13,16H,3,8-11H2,1-2H3,(H,22,23). The lowest BCUT2D eigenvalue weighted by molar-refractivity contribution is -0.144. The summed E-state index contributed by atoms with van der Waals surface area (Å²) in [6.45, 7) is 6.58. The van der Waals surface area contributed by atoms with E-state index in [4.69, 9.17) is 4.98 Å². The van der Waals surface area contributed by atoms with Crippen LogP contribution < -0.4 is 0 Å². The van der Waals surface area contributed by atoms with Gasteiger partial charge >= 0.3 is 5.97 Å². The second-order valence-corrected chi connectivity index (χ2v) is 7.62. The van der Waals surface area contributed by atoms with E-state index in [0.29, 0.717) is 12.5 Å². The molecule has 5 heteroatoms. The number of aryl methyl sites for hydroxylation is 1. The molecule has 1 aromatic heterocycles. The highest BCUT2D eigenvalue weighted by Gasteiger charge is 2.29. The van der Waals surface area contributed by atoms with Gasteiger partial charge in [0.05, 0.1) is 11.6 Å². The number of hydrogen-bond acceptors (Lipinski definition) is 4. The quantitative estimate of drug-likeness (QED) is 0.893. The summed E-state index contributed by atoms with van der Waals surface area (Å²) < 4.78 is 0. The Kier molecular flexibility index (Phi) is 5.31. The Morgan fingerprint density at radius 3 is 2.75 bits per heavy atom. The van der Waals surface area contributed by atoms with Crippen LogP contribution in [0.2, 0.25) is 0 Å². The van der Waals surface area contributed by atoms with Crippen molar-refractivity contribution in [2.24, 2.45) is 11.8 Å². The van der Waals surface area contributed by atoms with Crippen LogP contribution in [-0.2, 0) is 17.8 Å². The molecule has 1 aliphatic rings. The SMILES string of the molecule is CCc1ccc(-c2nc(CN3CC(C)CC(C(=O)O)C3)cs2)cc1.